The molecule has 1 amide bonds. The van der Waals surface area contributed by atoms with E-state index in [1.54, 1.807) is 18.5 Å². The number of nitrogens with zero attached hydrogens (tertiary/aromatic N) is 1. The molecule has 38 heavy (non-hydrogen) atoms. The van der Waals surface area contributed by atoms with Crippen molar-refractivity contribution in [3.05, 3.63) is 102 Å². The Morgan fingerprint density at radius 3 is 2.63 bits per heavy atom. The number of hydrogen-bond donors (Lipinski definition) is 1. The van der Waals surface area contributed by atoms with E-state index in [0.29, 0.717) is 29.2 Å². The van der Waals surface area contributed by atoms with Gasteiger partial charge in [0.05, 0.1) is 18.6 Å². The maximum atomic E-state index is 13.2. The van der Waals surface area contributed by atoms with Crippen molar-refractivity contribution in [3.8, 4) is 22.5 Å². The fraction of sp³-hybridized carbons (Fsp3) is 0.233. The molecule has 4 aromatic rings. The molecule has 0 saturated heterocycles. The smallest absolute Gasteiger partial charge is 0.252 e. The Morgan fingerprint density at radius 1 is 1.05 bits per heavy atom. The summed E-state index contributed by atoms with van der Waals surface area (Å²) in [5.74, 6) is 0.266. The molecule has 2 aromatic carbocycles. The summed E-state index contributed by atoms with van der Waals surface area (Å²) in [4.78, 5) is 28.9. The van der Waals surface area contributed by atoms with Gasteiger partial charge in [-0.25, -0.2) is 0 Å². The number of carboxylic acids is 1. The molecule has 8 heteroatoms. The molecule has 0 bridgehead atoms. The Balaban J connectivity index is 1.51. The molecular formula is C30H29N2O5S-. The number of furan rings is 1. The van der Waals surface area contributed by atoms with Crippen molar-refractivity contribution in [1.82, 2.24) is 10.3 Å². The van der Waals surface area contributed by atoms with E-state index in [9.17, 15) is 14.7 Å². The molecule has 0 saturated carbocycles. The maximum Gasteiger partial charge on any atom is 0.252 e. The zero-order valence-corrected chi connectivity index (χ0v) is 22.1. The van der Waals surface area contributed by atoms with E-state index in [0.717, 1.165) is 28.0 Å². The van der Waals surface area contributed by atoms with Crippen LogP contribution in [-0.2, 0) is 22.7 Å². The Hall–Kier alpha value is -3.88. The van der Waals surface area contributed by atoms with Gasteiger partial charge in [-0.05, 0) is 84.0 Å². The van der Waals surface area contributed by atoms with Crippen LogP contribution in [0.1, 0.15) is 33.7 Å². The number of nitrogens with one attached hydrogen (secondary N) is 1. The summed E-state index contributed by atoms with van der Waals surface area (Å²) in [6.45, 7) is 2.56. The first kappa shape index (κ1) is 27.2. The summed E-state index contributed by atoms with van der Waals surface area (Å²) in [5.41, 5.74) is 4.76. The van der Waals surface area contributed by atoms with Crippen LogP contribution in [-0.4, -0.2) is 34.9 Å². The van der Waals surface area contributed by atoms with Gasteiger partial charge in [0, 0.05) is 23.5 Å². The van der Waals surface area contributed by atoms with Crippen molar-refractivity contribution < 1.29 is 23.8 Å². The first-order valence-electron chi connectivity index (χ1n) is 12.2. The molecule has 196 valence electrons. The Morgan fingerprint density at radius 2 is 1.89 bits per heavy atom. The van der Waals surface area contributed by atoms with Crippen LogP contribution in [0.3, 0.4) is 0 Å². The maximum absolute atomic E-state index is 13.2. The Kier molecular flexibility index (Phi) is 9.35. The van der Waals surface area contributed by atoms with E-state index in [-0.39, 0.29) is 13.0 Å². The molecule has 4 rings (SSSR count). The molecule has 0 spiro atoms. The number of amides is 1. The average molecular weight is 530 g/mol. The monoisotopic (exact) mass is 529 g/mol. The molecule has 0 aliphatic rings. The number of ether oxygens (including phenoxy) is 1. The lowest BCUT2D eigenvalue weighted by Gasteiger charge is -2.21. The summed E-state index contributed by atoms with van der Waals surface area (Å²) in [6, 6.07) is 19.7. The molecule has 7 nitrogen and oxygen atoms in total. The highest BCUT2D eigenvalue weighted by molar-refractivity contribution is 7.98. The number of carbonyl (C=O) groups excluding carboxylic acids is 2. The van der Waals surface area contributed by atoms with Gasteiger partial charge in [-0.15, -0.1) is 0 Å². The van der Waals surface area contributed by atoms with Gasteiger partial charge in [-0.1, -0.05) is 30.3 Å². The van der Waals surface area contributed by atoms with Gasteiger partial charge in [-0.2, -0.15) is 11.8 Å². The molecule has 2 aromatic heterocycles. The quantitative estimate of drug-likeness (QED) is 0.285. The zero-order valence-electron chi connectivity index (χ0n) is 21.3. The molecule has 0 fully saturated rings. The number of aryl methyl sites for hydroxylation is 1. The lowest BCUT2D eigenvalue weighted by molar-refractivity contribution is -0.308. The van der Waals surface area contributed by atoms with Gasteiger partial charge in [0.15, 0.2) is 0 Å². The third-order valence-electron chi connectivity index (χ3n) is 6.09. The number of aromatic nitrogens is 1. The van der Waals surface area contributed by atoms with Gasteiger partial charge in [0.2, 0.25) is 0 Å². The predicted octanol–water partition coefficient (Wildman–Crippen LogP) is 4.64. The standard InChI is InChI=1S/C30H30N2O5S/c1-20-6-3-4-8-24(20)26-16-21(9-11-25(26)29(33)32-27(30(34)35)13-15-38-2)18-36-19-23-10-12-28(37-23)22-7-5-14-31-17-22/h3-12,14,16-17,27H,13,15,18-19H2,1-2H3,(H,32,33)(H,34,35)/p-1/t27-/m0/s1. The first-order chi connectivity index (χ1) is 18.5. The number of benzene rings is 2. The third-order valence-corrected chi connectivity index (χ3v) is 6.73. The van der Waals surface area contributed by atoms with Crippen molar-refractivity contribution in [2.45, 2.75) is 32.6 Å². The van der Waals surface area contributed by atoms with Gasteiger partial charge in [-0.3, -0.25) is 9.78 Å². The fourth-order valence-corrected chi connectivity index (χ4v) is 4.56. The number of aliphatic carboxylic acids is 1. The largest absolute Gasteiger partial charge is 0.548 e. The number of carbonyl (C=O) groups is 2. The second-order valence-corrected chi connectivity index (χ2v) is 9.81. The van der Waals surface area contributed by atoms with Crippen LogP contribution in [0.15, 0.2) is 83.5 Å². The minimum atomic E-state index is -1.29. The van der Waals surface area contributed by atoms with Crippen molar-refractivity contribution in [2.24, 2.45) is 0 Å². The predicted molar refractivity (Wildman–Crippen MR) is 146 cm³/mol. The van der Waals surface area contributed by atoms with Crippen LogP contribution in [0.2, 0.25) is 0 Å². The van der Waals surface area contributed by atoms with Gasteiger partial charge < -0.3 is 24.4 Å². The molecule has 2 heterocycles. The molecule has 1 atom stereocenters. The molecule has 0 aliphatic heterocycles. The highest BCUT2D eigenvalue weighted by atomic mass is 32.2. The van der Waals surface area contributed by atoms with Crippen LogP contribution in [0.25, 0.3) is 22.5 Å². The second-order valence-electron chi connectivity index (χ2n) is 8.82. The highest BCUT2D eigenvalue weighted by Gasteiger charge is 2.19. The number of carboxylic acid groups (broad SMARTS) is 1. The van der Waals surface area contributed by atoms with Crippen LogP contribution < -0.4 is 10.4 Å². The lowest BCUT2D eigenvalue weighted by Crippen LogP contribution is -2.48. The number of rotatable bonds is 12. The van der Waals surface area contributed by atoms with E-state index < -0.39 is 17.9 Å². The normalized spacial score (nSPS) is 11.7. The summed E-state index contributed by atoms with van der Waals surface area (Å²) >= 11 is 1.51. The van der Waals surface area contributed by atoms with E-state index in [4.69, 9.17) is 9.15 Å². The van der Waals surface area contributed by atoms with Gasteiger partial charge in [0.25, 0.3) is 5.91 Å². The summed E-state index contributed by atoms with van der Waals surface area (Å²) in [6.07, 6.45) is 5.63. The molecule has 1 N–H and O–H groups in total. The van der Waals surface area contributed by atoms with Crippen molar-refractivity contribution in [2.75, 3.05) is 12.0 Å². The van der Waals surface area contributed by atoms with E-state index >= 15 is 0 Å². The van der Waals surface area contributed by atoms with E-state index in [1.807, 2.05) is 73.8 Å². The molecule has 0 unspecified atom stereocenters. The van der Waals surface area contributed by atoms with Crippen molar-refractivity contribution in [3.63, 3.8) is 0 Å². The molecule has 0 radical (unpaired) electrons. The van der Waals surface area contributed by atoms with Crippen LogP contribution in [0.5, 0.6) is 0 Å². The SMILES string of the molecule is CSCC[C@H](NC(=O)c1ccc(COCc2ccc(-c3cccnc3)o2)cc1-c1ccccc1C)C(=O)[O-]. The summed E-state index contributed by atoms with van der Waals surface area (Å²) < 4.78 is 11.8. The topological polar surface area (TPSA) is 104 Å². The fourth-order valence-electron chi connectivity index (χ4n) is 4.09. The average Bonchev–Trinajstić information content (AvgIpc) is 3.40. The van der Waals surface area contributed by atoms with E-state index in [2.05, 4.69) is 10.3 Å². The van der Waals surface area contributed by atoms with Crippen LogP contribution in [0.4, 0.5) is 0 Å². The second kappa shape index (κ2) is 13.1. The molecular weight excluding hydrogens is 500 g/mol. The minimum absolute atomic E-state index is 0.283. The van der Waals surface area contributed by atoms with Gasteiger partial charge >= 0.3 is 0 Å². The van der Waals surface area contributed by atoms with Crippen LogP contribution >= 0.6 is 11.8 Å². The number of thioether (sulfide) groups is 1. The Labute approximate surface area is 226 Å². The van der Waals surface area contributed by atoms with E-state index in [1.165, 1.54) is 11.8 Å². The van der Waals surface area contributed by atoms with Crippen molar-refractivity contribution in [1.29, 1.82) is 0 Å². The number of hydrogen-bond acceptors (Lipinski definition) is 7. The summed E-state index contributed by atoms with van der Waals surface area (Å²) in [7, 11) is 0. The van der Waals surface area contributed by atoms with Crippen LogP contribution in [0, 0.1) is 6.92 Å². The summed E-state index contributed by atoms with van der Waals surface area (Å²) in [5, 5.41) is 14.2. The lowest BCUT2D eigenvalue weighted by atomic mass is 9.93. The van der Waals surface area contributed by atoms with Gasteiger partial charge in [0.1, 0.15) is 18.1 Å². The van der Waals surface area contributed by atoms with Crippen molar-refractivity contribution >= 4 is 23.6 Å². The molecule has 0 aliphatic carbocycles. The third kappa shape index (κ3) is 6.90. The minimum Gasteiger partial charge on any atom is -0.548 e. The highest BCUT2D eigenvalue weighted by Crippen LogP contribution is 2.29. The number of pyridine rings is 1. The first-order valence-corrected chi connectivity index (χ1v) is 13.6. The zero-order chi connectivity index (χ0) is 26.9. The Bertz CT molecular complexity index is 1390.